The molecule has 5 nitrogen and oxygen atoms in total. The van der Waals surface area contributed by atoms with E-state index in [2.05, 4.69) is 124 Å². The third kappa shape index (κ3) is 3.11. The second kappa shape index (κ2) is 8.65. The van der Waals surface area contributed by atoms with E-state index in [0.717, 1.165) is 88.4 Å². The Hall–Kier alpha value is -6.33. The fraction of sp³-hybridized carbons (Fsp3) is 0. The van der Waals surface area contributed by atoms with Crippen LogP contribution in [0.4, 0.5) is 0 Å². The van der Waals surface area contributed by atoms with E-state index in [1.165, 1.54) is 10.8 Å². The van der Waals surface area contributed by atoms with Gasteiger partial charge in [-0.2, -0.15) is 0 Å². The Kier molecular flexibility index (Phi) is 4.52. The van der Waals surface area contributed by atoms with E-state index in [0.29, 0.717) is 0 Å². The van der Waals surface area contributed by atoms with Crippen molar-refractivity contribution in [2.24, 2.45) is 0 Å². The number of hydrogen-bond donors (Lipinski definition) is 0. The Balaban J connectivity index is 1.26. The van der Waals surface area contributed by atoms with Crippen LogP contribution in [0.15, 0.2) is 148 Å². The molecule has 0 fully saturated rings. The summed E-state index contributed by atoms with van der Waals surface area (Å²) in [7, 11) is 0. The summed E-state index contributed by atoms with van der Waals surface area (Å²) in [5, 5.41) is 9.00. The molecule has 0 spiro atoms. The van der Waals surface area contributed by atoms with Crippen LogP contribution in [0.25, 0.3) is 99.1 Å². The maximum absolute atomic E-state index is 6.17. The van der Waals surface area contributed by atoms with Crippen LogP contribution < -0.4 is 0 Å². The van der Waals surface area contributed by atoms with Crippen molar-refractivity contribution >= 4 is 87.7 Å². The minimum absolute atomic E-state index is 0.878. The minimum Gasteiger partial charge on any atom is -0.456 e. The van der Waals surface area contributed by atoms with Crippen molar-refractivity contribution in [2.75, 3.05) is 0 Å². The Morgan fingerprint density at radius 1 is 0.348 bits per heavy atom. The first-order chi connectivity index (χ1) is 22.8. The highest BCUT2D eigenvalue weighted by Crippen LogP contribution is 2.40. The Bertz CT molecular complexity index is 2840. The number of aromatic nitrogens is 3. The van der Waals surface area contributed by atoms with Gasteiger partial charge in [-0.1, -0.05) is 72.8 Å². The smallest absolute Gasteiger partial charge is 0.148 e. The van der Waals surface area contributed by atoms with E-state index < -0.39 is 0 Å². The predicted molar refractivity (Wildman–Crippen MR) is 187 cm³/mol. The first-order valence-corrected chi connectivity index (χ1v) is 15.5. The molecule has 11 aromatic rings. The summed E-state index contributed by atoms with van der Waals surface area (Å²) in [6.07, 6.45) is 0. The lowest BCUT2D eigenvalue weighted by Gasteiger charge is -2.09. The van der Waals surface area contributed by atoms with Gasteiger partial charge in [0.15, 0.2) is 0 Å². The van der Waals surface area contributed by atoms with E-state index in [1.54, 1.807) is 0 Å². The van der Waals surface area contributed by atoms with Crippen molar-refractivity contribution in [3.8, 4) is 11.4 Å². The Labute approximate surface area is 261 Å². The minimum atomic E-state index is 0.878. The average Bonchev–Trinajstić information content (AvgIpc) is 3.84. The highest BCUT2D eigenvalue weighted by molar-refractivity contribution is 6.17. The lowest BCUT2D eigenvalue weighted by Crippen LogP contribution is -1.98. The Morgan fingerprint density at radius 3 is 1.26 bits per heavy atom. The van der Waals surface area contributed by atoms with Gasteiger partial charge in [0.1, 0.15) is 33.6 Å². The van der Waals surface area contributed by atoms with Crippen LogP contribution in [0.5, 0.6) is 0 Å². The van der Waals surface area contributed by atoms with Crippen LogP contribution in [0.2, 0.25) is 0 Å². The predicted octanol–water partition coefficient (Wildman–Crippen LogP) is 11.1. The summed E-state index contributed by atoms with van der Waals surface area (Å²) < 4.78 is 16.9. The third-order valence-electron chi connectivity index (χ3n) is 9.51. The normalized spacial score (nSPS) is 12.3. The number of furan rings is 2. The molecule has 0 saturated heterocycles. The van der Waals surface area contributed by atoms with Gasteiger partial charge in [-0.25, -0.2) is 4.98 Å². The van der Waals surface area contributed by atoms with Crippen molar-refractivity contribution in [3.63, 3.8) is 0 Å². The number of fused-ring (bicyclic) bond motifs is 12. The molecule has 0 unspecified atom stereocenters. The zero-order valence-corrected chi connectivity index (χ0v) is 24.4. The molecule has 0 saturated carbocycles. The highest BCUT2D eigenvalue weighted by atomic mass is 16.3. The fourth-order valence-corrected chi connectivity index (χ4v) is 7.48. The molecule has 11 rings (SSSR count). The molecule has 5 aromatic heterocycles. The SMILES string of the molecule is c1ccc2c(c1)oc1ccc(-n3c4ccccc4c4cc5c6ccccc6n(-c6ccc7oc8ccccc8c7c6)c5nc43)cc12. The van der Waals surface area contributed by atoms with Crippen LogP contribution in [0.3, 0.4) is 0 Å². The number of para-hydroxylation sites is 4. The van der Waals surface area contributed by atoms with E-state index in [4.69, 9.17) is 13.8 Å². The lowest BCUT2D eigenvalue weighted by atomic mass is 10.1. The summed E-state index contributed by atoms with van der Waals surface area (Å²) in [6.45, 7) is 0. The lowest BCUT2D eigenvalue weighted by molar-refractivity contribution is 0.668. The largest absolute Gasteiger partial charge is 0.456 e. The van der Waals surface area contributed by atoms with Gasteiger partial charge in [0.05, 0.1) is 11.0 Å². The second-order valence-corrected chi connectivity index (χ2v) is 12.0. The van der Waals surface area contributed by atoms with Crippen molar-refractivity contribution in [2.45, 2.75) is 0 Å². The fourth-order valence-electron chi connectivity index (χ4n) is 7.48. The summed E-state index contributed by atoms with van der Waals surface area (Å²) in [5.74, 6) is 0. The molecule has 6 aromatic carbocycles. The maximum atomic E-state index is 6.17. The van der Waals surface area contributed by atoms with Gasteiger partial charge >= 0.3 is 0 Å². The van der Waals surface area contributed by atoms with Crippen LogP contribution in [-0.2, 0) is 0 Å². The van der Waals surface area contributed by atoms with Gasteiger partial charge in [-0.05, 0) is 66.7 Å². The molecule has 0 aliphatic rings. The van der Waals surface area contributed by atoms with E-state index in [9.17, 15) is 0 Å². The number of benzene rings is 6. The Morgan fingerprint density at radius 2 is 0.761 bits per heavy atom. The average molecular weight is 590 g/mol. The zero-order valence-electron chi connectivity index (χ0n) is 24.4. The van der Waals surface area contributed by atoms with Gasteiger partial charge in [0, 0.05) is 54.5 Å². The van der Waals surface area contributed by atoms with Crippen LogP contribution in [-0.4, -0.2) is 14.1 Å². The molecule has 0 aliphatic heterocycles. The standard InChI is InChI=1S/C41H23N3O2/c1-5-13-34-26(9-1)32-23-33-27-10-2-6-14-35(27)44(25-18-20-39-31(22-25)29-12-4-8-16-37(29)46-39)41(33)42-40(32)43(34)24-17-19-38-30(21-24)28-11-3-7-15-36(28)45-38/h1-23H. The van der Waals surface area contributed by atoms with Crippen LogP contribution in [0, 0.1) is 0 Å². The van der Waals surface area contributed by atoms with E-state index in [1.807, 2.05) is 24.3 Å². The van der Waals surface area contributed by atoms with Gasteiger partial charge in [-0.3, -0.25) is 9.13 Å². The molecule has 46 heavy (non-hydrogen) atoms. The summed E-state index contributed by atoms with van der Waals surface area (Å²) in [5.41, 5.74) is 9.70. The van der Waals surface area contributed by atoms with Gasteiger partial charge in [0.2, 0.25) is 0 Å². The number of rotatable bonds is 2. The molecule has 5 heterocycles. The molecule has 214 valence electrons. The first kappa shape index (κ1) is 24.0. The van der Waals surface area contributed by atoms with E-state index >= 15 is 0 Å². The van der Waals surface area contributed by atoms with E-state index in [-0.39, 0.29) is 0 Å². The molecule has 5 heteroatoms. The molecule has 0 bridgehead atoms. The molecule has 0 amide bonds. The third-order valence-corrected chi connectivity index (χ3v) is 9.51. The molecule has 0 N–H and O–H groups in total. The van der Waals surface area contributed by atoms with Crippen molar-refractivity contribution in [1.82, 2.24) is 14.1 Å². The molecule has 0 aliphatic carbocycles. The second-order valence-electron chi connectivity index (χ2n) is 12.0. The summed E-state index contributed by atoms with van der Waals surface area (Å²) in [6, 6.07) is 48.8. The zero-order chi connectivity index (χ0) is 29.9. The topological polar surface area (TPSA) is 49.0 Å². The summed E-state index contributed by atoms with van der Waals surface area (Å²) in [4.78, 5) is 5.54. The number of hydrogen-bond acceptors (Lipinski definition) is 3. The number of nitrogens with zero attached hydrogens (tertiary/aromatic N) is 3. The van der Waals surface area contributed by atoms with Gasteiger partial charge in [0.25, 0.3) is 0 Å². The quantitative estimate of drug-likeness (QED) is 0.202. The van der Waals surface area contributed by atoms with Crippen LogP contribution in [0.1, 0.15) is 0 Å². The molecular weight excluding hydrogens is 566 g/mol. The first-order valence-electron chi connectivity index (χ1n) is 15.5. The maximum Gasteiger partial charge on any atom is 0.148 e. The van der Waals surface area contributed by atoms with Crippen LogP contribution >= 0.6 is 0 Å². The monoisotopic (exact) mass is 589 g/mol. The van der Waals surface area contributed by atoms with Crippen molar-refractivity contribution in [1.29, 1.82) is 0 Å². The molecule has 0 radical (unpaired) electrons. The van der Waals surface area contributed by atoms with Gasteiger partial charge < -0.3 is 8.83 Å². The molecular formula is C41H23N3O2. The number of pyridine rings is 1. The summed E-state index contributed by atoms with van der Waals surface area (Å²) >= 11 is 0. The van der Waals surface area contributed by atoms with Crippen molar-refractivity contribution < 1.29 is 8.83 Å². The molecule has 0 atom stereocenters. The van der Waals surface area contributed by atoms with Crippen molar-refractivity contribution in [3.05, 3.63) is 140 Å². The van der Waals surface area contributed by atoms with Gasteiger partial charge in [-0.15, -0.1) is 0 Å². The highest BCUT2D eigenvalue weighted by Gasteiger charge is 2.21.